The zero-order chi connectivity index (χ0) is 13.6. The van der Waals surface area contributed by atoms with Crippen molar-refractivity contribution in [2.45, 2.75) is 37.8 Å². The van der Waals surface area contributed by atoms with Crippen LogP contribution in [0.1, 0.15) is 24.8 Å². The van der Waals surface area contributed by atoms with Gasteiger partial charge in [0.2, 0.25) is 0 Å². The van der Waals surface area contributed by atoms with E-state index in [4.69, 9.17) is 4.74 Å². The lowest BCUT2D eigenvalue weighted by molar-refractivity contribution is 0.0726. The Balaban J connectivity index is 1.54. The van der Waals surface area contributed by atoms with E-state index >= 15 is 0 Å². The largest absolute Gasteiger partial charge is 0.377 e. The maximum absolute atomic E-state index is 5.79. The molecule has 0 aliphatic carbocycles. The average Bonchev–Trinajstić information content (AvgIpc) is 2.87. The lowest BCUT2D eigenvalue weighted by Gasteiger charge is -2.26. The van der Waals surface area contributed by atoms with E-state index in [1.807, 2.05) is 0 Å². The first-order valence-corrected chi connectivity index (χ1v) is 8.01. The van der Waals surface area contributed by atoms with Gasteiger partial charge in [-0.2, -0.15) is 0 Å². The fraction of sp³-hybridized carbons (Fsp3) is 0.647. The second-order valence-corrected chi connectivity index (χ2v) is 6.09. The Bertz CT molecular complexity index is 389. The first-order valence-electron chi connectivity index (χ1n) is 8.01. The SMILES string of the molecule is c1ccc(CC2CN(CC3CCCO3)CCCN2)cc1. The van der Waals surface area contributed by atoms with Crippen LogP contribution in [0.3, 0.4) is 0 Å². The summed E-state index contributed by atoms with van der Waals surface area (Å²) in [4.78, 5) is 2.60. The van der Waals surface area contributed by atoms with E-state index in [-0.39, 0.29) is 0 Å². The molecule has 2 atom stereocenters. The minimum absolute atomic E-state index is 0.477. The smallest absolute Gasteiger partial charge is 0.0702 e. The van der Waals surface area contributed by atoms with Gasteiger partial charge in [0.1, 0.15) is 0 Å². The number of benzene rings is 1. The summed E-state index contributed by atoms with van der Waals surface area (Å²) < 4.78 is 5.79. The van der Waals surface area contributed by atoms with Crippen molar-refractivity contribution in [1.29, 1.82) is 0 Å². The molecule has 2 aliphatic rings. The van der Waals surface area contributed by atoms with E-state index in [9.17, 15) is 0 Å². The molecule has 2 fully saturated rings. The summed E-state index contributed by atoms with van der Waals surface area (Å²) in [7, 11) is 0. The molecule has 1 aromatic rings. The van der Waals surface area contributed by atoms with Gasteiger partial charge in [-0.3, -0.25) is 4.90 Å². The van der Waals surface area contributed by atoms with Crippen molar-refractivity contribution in [1.82, 2.24) is 10.2 Å². The normalized spacial score (nSPS) is 28.4. The molecule has 0 saturated carbocycles. The first kappa shape index (κ1) is 14.1. The summed E-state index contributed by atoms with van der Waals surface area (Å²) in [6, 6.07) is 11.4. The van der Waals surface area contributed by atoms with Crippen molar-refractivity contribution in [2.24, 2.45) is 0 Å². The quantitative estimate of drug-likeness (QED) is 0.910. The lowest BCUT2D eigenvalue weighted by atomic mass is 10.1. The van der Waals surface area contributed by atoms with Gasteiger partial charge in [-0.15, -0.1) is 0 Å². The van der Waals surface area contributed by atoms with Crippen LogP contribution in [0.5, 0.6) is 0 Å². The van der Waals surface area contributed by atoms with Gasteiger partial charge in [-0.05, 0) is 44.3 Å². The standard InChI is InChI=1S/C17H26N2O/c1-2-6-15(7-3-1)12-16-13-19(10-5-9-18-16)14-17-8-4-11-20-17/h1-3,6-7,16-18H,4-5,8-14H2. The van der Waals surface area contributed by atoms with Crippen LogP contribution in [0.4, 0.5) is 0 Å². The van der Waals surface area contributed by atoms with E-state index in [0.29, 0.717) is 12.1 Å². The molecule has 0 bridgehead atoms. The number of nitrogens with zero attached hydrogens (tertiary/aromatic N) is 1. The van der Waals surface area contributed by atoms with E-state index in [1.165, 1.54) is 31.4 Å². The summed E-state index contributed by atoms with van der Waals surface area (Å²) in [5.41, 5.74) is 1.43. The van der Waals surface area contributed by atoms with E-state index < -0.39 is 0 Å². The Morgan fingerprint density at radius 2 is 2.10 bits per heavy atom. The fourth-order valence-corrected chi connectivity index (χ4v) is 3.35. The molecule has 0 aromatic heterocycles. The molecule has 1 N–H and O–H groups in total. The lowest BCUT2D eigenvalue weighted by Crippen LogP contribution is -2.41. The van der Waals surface area contributed by atoms with Crippen molar-refractivity contribution < 1.29 is 4.74 Å². The van der Waals surface area contributed by atoms with Gasteiger partial charge in [0.25, 0.3) is 0 Å². The van der Waals surface area contributed by atoms with E-state index in [1.54, 1.807) is 0 Å². The minimum Gasteiger partial charge on any atom is -0.377 e. The maximum atomic E-state index is 5.79. The van der Waals surface area contributed by atoms with E-state index in [0.717, 1.165) is 32.7 Å². The molecule has 0 amide bonds. The van der Waals surface area contributed by atoms with Crippen LogP contribution >= 0.6 is 0 Å². The molecule has 0 radical (unpaired) electrons. The Morgan fingerprint density at radius 3 is 2.90 bits per heavy atom. The van der Waals surface area contributed by atoms with Crippen LogP contribution in [0.15, 0.2) is 30.3 Å². The third kappa shape index (κ3) is 4.05. The zero-order valence-electron chi connectivity index (χ0n) is 12.3. The summed E-state index contributed by atoms with van der Waals surface area (Å²) in [6.07, 6.45) is 5.34. The molecule has 110 valence electrons. The Labute approximate surface area is 122 Å². The van der Waals surface area contributed by atoms with Crippen LogP contribution in [-0.2, 0) is 11.2 Å². The van der Waals surface area contributed by atoms with Gasteiger partial charge >= 0.3 is 0 Å². The second kappa shape index (κ2) is 7.21. The topological polar surface area (TPSA) is 24.5 Å². The predicted octanol–water partition coefficient (Wildman–Crippen LogP) is 2.07. The van der Waals surface area contributed by atoms with Gasteiger partial charge in [0.15, 0.2) is 0 Å². The van der Waals surface area contributed by atoms with Crippen molar-refractivity contribution >= 4 is 0 Å². The zero-order valence-corrected chi connectivity index (χ0v) is 12.3. The van der Waals surface area contributed by atoms with Gasteiger partial charge in [-0.1, -0.05) is 30.3 Å². The molecule has 2 saturated heterocycles. The highest BCUT2D eigenvalue weighted by molar-refractivity contribution is 5.16. The van der Waals surface area contributed by atoms with Crippen molar-refractivity contribution in [3.8, 4) is 0 Å². The first-order chi connectivity index (χ1) is 9.90. The highest BCUT2D eigenvalue weighted by atomic mass is 16.5. The number of rotatable bonds is 4. The summed E-state index contributed by atoms with van der Waals surface area (Å²) >= 11 is 0. The van der Waals surface area contributed by atoms with Gasteiger partial charge in [-0.25, -0.2) is 0 Å². The summed E-state index contributed by atoms with van der Waals surface area (Å²) in [5.74, 6) is 0. The molecule has 0 spiro atoms. The Hall–Kier alpha value is -0.900. The average molecular weight is 274 g/mol. The number of hydrogen-bond acceptors (Lipinski definition) is 3. The summed E-state index contributed by atoms with van der Waals surface area (Å²) in [6.45, 7) is 5.57. The molecule has 2 unspecified atom stereocenters. The molecule has 2 aliphatic heterocycles. The predicted molar refractivity (Wildman–Crippen MR) is 82.0 cm³/mol. The number of ether oxygens (including phenoxy) is 1. The number of hydrogen-bond donors (Lipinski definition) is 1. The second-order valence-electron chi connectivity index (χ2n) is 6.09. The highest BCUT2D eigenvalue weighted by Crippen LogP contribution is 2.15. The monoisotopic (exact) mass is 274 g/mol. The summed E-state index contributed by atoms with van der Waals surface area (Å²) in [5, 5.41) is 3.70. The van der Waals surface area contributed by atoms with Crippen LogP contribution in [-0.4, -0.2) is 49.8 Å². The third-order valence-corrected chi connectivity index (χ3v) is 4.37. The molecular weight excluding hydrogens is 248 g/mol. The van der Waals surface area contributed by atoms with E-state index in [2.05, 4.69) is 40.5 Å². The Kier molecular flexibility index (Phi) is 5.06. The van der Waals surface area contributed by atoms with Crippen molar-refractivity contribution in [2.75, 3.05) is 32.8 Å². The molecule has 2 heterocycles. The van der Waals surface area contributed by atoms with Gasteiger partial charge in [0.05, 0.1) is 6.10 Å². The van der Waals surface area contributed by atoms with Crippen molar-refractivity contribution in [3.63, 3.8) is 0 Å². The van der Waals surface area contributed by atoms with Gasteiger partial charge in [0, 0.05) is 25.7 Å². The molecule has 3 heteroatoms. The molecule has 3 rings (SSSR count). The van der Waals surface area contributed by atoms with Crippen LogP contribution in [0, 0.1) is 0 Å². The maximum Gasteiger partial charge on any atom is 0.0702 e. The Morgan fingerprint density at radius 1 is 1.20 bits per heavy atom. The van der Waals surface area contributed by atoms with Crippen LogP contribution in [0.2, 0.25) is 0 Å². The van der Waals surface area contributed by atoms with Crippen LogP contribution < -0.4 is 5.32 Å². The fourth-order valence-electron chi connectivity index (χ4n) is 3.35. The van der Waals surface area contributed by atoms with Crippen LogP contribution in [0.25, 0.3) is 0 Å². The molecular formula is C17H26N2O. The third-order valence-electron chi connectivity index (χ3n) is 4.37. The highest BCUT2D eigenvalue weighted by Gasteiger charge is 2.23. The number of nitrogens with one attached hydrogen (secondary N) is 1. The van der Waals surface area contributed by atoms with Gasteiger partial charge < -0.3 is 10.1 Å². The minimum atomic E-state index is 0.477. The molecule has 20 heavy (non-hydrogen) atoms. The van der Waals surface area contributed by atoms with Crippen molar-refractivity contribution in [3.05, 3.63) is 35.9 Å². The molecule has 1 aromatic carbocycles. The molecule has 3 nitrogen and oxygen atoms in total.